The molecule has 2 fully saturated rings. The van der Waals surface area contributed by atoms with Gasteiger partial charge in [-0.25, -0.2) is 0 Å². The number of carboxylic acids is 1. The highest BCUT2D eigenvalue weighted by molar-refractivity contribution is 5.73. The van der Waals surface area contributed by atoms with Crippen molar-refractivity contribution in [3.05, 3.63) is 0 Å². The highest BCUT2D eigenvalue weighted by atomic mass is 16.4. The Labute approximate surface area is 90.6 Å². The van der Waals surface area contributed by atoms with Crippen molar-refractivity contribution in [2.75, 3.05) is 26.7 Å². The van der Waals surface area contributed by atoms with Gasteiger partial charge >= 0.3 is 5.97 Å². The predicted octanol–water partition coefficient (Wildman–Crippen LogP) is 0.391. The summed E-state index contributed by atoms with van der Waals surface area (Å²) in [5, 5.41) is 12.0. The van der Waals surface area contributed by atoms with E-state index in [1.165, 1.54) is 19.4 Å². The molecule has 3 atom stereocenters. The molecule has 0 radical (unpaired) electrons. The van der Waals surface area contributed by atoms with Crippen molar-refractivity contribution in [3.63, 3.8) is 0 Å². The van der Waals surface area contributed by atoms with Gasteiger partial charge in [0, 0.05) is 6.54 Å². The molecular weight excluding hydrogens is 192 g/mol. The van der Waals surface area contributed by atoms with Crippen molar-refractivity contribution < 1.29 is 9.90 Å². The number of carboxylic acid groups (broad SMARTS) is 1. The molecule has 3 unspecified atom stereocenters. The summed E-state index contributed by atoms with van der Waals surface area (Å²) in [6.07, 6.45) is 3.34. The third-order valence-corrected chi connectivity index (χ3v) is 3.79. The van der Waals surface area contributed by atoms with Crippen LogP contribution < -0.4 is 5.32 Å². The first-order valence-electron chi connectivity index (χ1n) is 5.81. The summed E-state index contributed by atoms with van der Waals surface area (Å²) in [5.41, 5.74) is 0. The van der Waals surface area contributed by atoms with Gasteiger partial charge in [0.15, 0.2) is 0 Å². The van der Waals surface area contributed by atoms with E-state index < -0.39 is 5.97 Å². The molecular formula is C11H20N2O2. The second-order valence-electron chi connectivity index (χ2n) is 4.96. The van der Waals surface area contributed by atoms with Crippen molar-refractivity contribution in [2.45, 2.75) is 25.3 Å². The van der Waals surface area contributed by atoms with Crippen LogP contribution in [0.25, 0.3) is 0 Å². The average molecular weight is 212 g/mol. The Kier molecular flexibility index (Phi) is 3.26. The molecule has 86 valence electrons. The van der Waals surface area contributed by atoms with Gasteiger partial charge < -0.3 is 15.3 Å². The first-order valence-corrected chi connectivity index (χ1v) is 5.81. The predicted molar refractivity (Wildman–Crippen MR) is 57.8 cm³/mol. The molecule has 0 amide bonds. The molecule has 2 rings (SSSR count). The van der Waals surface area contributed by atoms with Crippen LogP contribution in [0.2, 0.25) is 0 Å². The van der Waals surface area contributed by atoms with E-state index in [9.17, 15) is 4.79 Å². The summed E-state index contributed by atoms with van der Waals surface area (Å²) in [6, 6.07) is -0.303. The monoisotopic (exact) mass is 212 g/mol. The maximum Gasteiger partial charge on any atom is 0.320 e. The molecule has 0 aromatic heterocycles. The Bertz CT molecular complexity index is 245. The minimum atomic E-state index is -0.693. The smallest absolute Gasteiger partial charge is 0.320 e. The molecule has 15 heavy (non-hydrogen) atoms. The van der Waals surface area contributed by atoms with E-state index in [4.69, 9.17) is 5.11 Å². The van der Waals surface area contributed by atoms with Crippen molar-refractivity contribution >= 4 is 5.97 Å². The summed E-state index contributed by atoms with van der Waals surface area (Å²) >= 11 is 0. The molecule has 2 N–H and O–H groups in total. The highest BCUT2D eigenvalue weighted by Crippen LogP contribution is 2.29. The zero-order chi connectivity index (χ0) is 10.8. The van der Waals surface area contributed by atoms with Crippen LogP contribution >= 0.6 is 0 Å². The second-order valence-corrected chi connectivity index (χ2v) is 4.96. The zero-order valence-electron chi connectivity index (χ0n) is 9.28. The van der Waals surface area contributed by atoms with Gasteiger partial charge in [0.05, 0.1) is 0 Å². The van der Waals surface area contributed by atoms with Crippen LogP contribution in [0.4, 0.5) is 0 Å². The largest absolute Gasteiger partial charge is 0.480 e. The van der Waals surface area contributed by atoms with Gasteiger partial charge in [-0.15, -0.1) is 0 Å². The van der Waals surface area contributed by atoms with Crippen LogP contribution in [0, 0.1) is 11.8 Å². The standard InChI is InChI=1S/C11H20N2O2/c1-13-4-2-3-8(7-13)9-5-10(11(14)15)12-6-9/h8-10,12H,2-7H2,1H3,(H,14,15). The van der Waals surface area contributed by atoms with Crippen LogP contribution in [-0.4, -0.2) is 48.7 Å². The lowest BCUT2D eigenvalue weighted by molar-refractivity contribution is -0.139. The molecule has 2 aliphatic rings. The van der Waals surface area contributed by atoms with E-state index in [0.29, 0.717) is 11.8 Å². The maximum absolute atomic E-state index is 10.8. The van der Waals surface area contributed by atoms with Gasteiger partial charge in [-0.05, 0) is 51.2 Å². The maximum atomic E-state index is 10.8. The third-order valence-electron chi connectivity index (χ3n) is 3.79. The first kappa shape index (κ1) is 10.9. The minimum absolute atomic E-state index is 0.303. The minimum Gasteiger partial charge on any atom is -0.480 e. The SMILES string of the molecule is CN1CCCC(C2CNC(C(=O)O)C2)C1. The van der Waals surface area contributed by atoms with Gasteiger partial charge in [0.2, 0.25) is 0 Å². The van der Waals surface area contributed by atoms with Crippen molar-refractivity contribution in [2.24, 2.45) is 11.8 Å². The highest BCUT2D eigenvalue weighted by Gasteiger charge is 2.35. The first-order chi connectivity index (χ1) is 7.16. The lowest BCUT2D eigenvalue weighted by Crippen LogP contribution is -2.36. The topological polar surface area (TPSA) is 52.6 Å². The molecule has 4 nitrogen and oxygen atoms in total. The molecule has 0 aromatic carbocycles. The number of piperidine rings is 1. The fourth-order valence-corrected chi connectivity index (χ4v) is 2.90. The fourth-order valence-electron chi connectivity index (χ4n) is 2.90. The summed E-state index contributed by atoms with van der Waals surface area (Å²) in [5.74, 6) is 0.566. The summed E-state index contributed by atoms with van der Waals surface area (Å²) in [6.45, 7) is 3.22. The Morgan fingerprint density at radius 2 is 2.27 bits per heavy atom. The Morgan fingerprint density at radius 3 is 2.87 bits per heavy atom. The van der Waals surface area contributed by atoms with E-state index in [1.807, 2.05) is 0 Å². The van der Waals surface area contributed by atoms with E-state index in [2.05, 4.69) is 17.3 Å². The zero-order valence-corrected chi connectivity index (χ0v) is 9.28. The Balaban J connectivity index is 1.87. The number of nitrogens with zero attached hydrogens (tertiary/aromatic N) is 1. The summed E-state index contributed by atoms with van der Waals surface area (Å²) in [4.78, 5) is 13.2. The number of carbonyl (C=O) groups is 1. The molecule has 0 aliphatic carbocycles. The number of hydrogen-bond donors (Lipinski definition) is 2. The normalized spacial score (nSPS) is 38.1. The molecule has 2 aliphatic heterocycles. The molecule has 0 saturated carbocycles. The summed E-state index contributed by atoms with van der Waals surface area (Å²) in [7, 11) is 2.16. The molecule has 0 bridgehead atoms. The van der Waals surface area contributed by atoms with Crippen molar-refractivity contribution in [1.29, 1.82) is 0 Å². The number of hydrogen-bond acceptors (Lipinski definition) is 3. The van der Waals surface area contributed by atoms with E-state index >= 15 is 0 Å². The fraction of sp³-hybridized carbons (Fsp3) is 0.909. The van der Waals surface area contributed by atoms with Crippen molar-refractivity contribution in [3.8, 4) is 0 Å². The van der Waals surface area contributed by atoms with Crippen LogP contribution in [0.5, 0.6) is 0 Å². The molecule has 2 heterocycles. The van der Waals surface area contributed by atoms with Crippen LogP contribution in [-0.2, 0) is 4.79 Å². The molecule has 0 aromatic rings. The Morgan fingerprint density at radius 1 is 1.47 bits per heavy atom. The molecule has 2 saturated heterocycles. The van der Waals surface area contributed by atoms with Gasteiger partial charge in [0.25, 0.3) is 0 Å². The molecule has 4 heteroatoms. The molecule has 0 spiro atoms. The van der Waals surface area contributed by atoms with Crippen LogP contribution in [0.1, 0.15) is 19.3 Å². The Hall–Kier alpha value is -0.610. The lowest BCUT2D eigenvalue weighted by atomic mass is 9.84. The quantitative estimate of drug-likeness (QED) is 0.695. The average Bonchev–Trinajstić information content (AvgIpc) is 2.66. The number of rotatable bonds is 2. The summed E-state index contributed by atoms with van der Waals surface area (Å²) < 4.78 is 0. The van der Waals surface area contributed by atoms with Gasteiger partial charge in [-0.3, -0.25) is 4.79 Å². The number of aliphatic carboxylic acids is 1. The second kappa shape index (κ2) is 4.49. The number of likely N-dealkylation sites (tertiary alicyclic amines) is 1. The number of nitrogens with one attached hydrogen (secondary N) is 1. The van der Waals surface area contributed by atoms with Gasteiger partial charge in [-0.2, -0.15) is 0 Å². The van der Waals surface area contributed by atoms with Crippen molar-refractivity contribution in [1.82, 2.24) is 10.2 Å². The van der Waals surface area contributed by atoms with E-state index in [0.717, 1.165) is 19.5 Å². The van der Waals surface area contributed by atoms with Gasteiger partial charge in [-0.1, -0.05) is 0 Å². The van der Waals surface area contributed by atoms with Gasteiger partial charge in [0.1, 0.15) is 6.04 Å². The van der Waals surface area contributed by atoms with E-state index in [-0.39, 0.29) is 6.04 Å². The van der Waals surface area contributed by atoms with E-state index in [1.54, 1.807) is 0 Å². The lowest BCUT2D eigenvalue weighted by Gasteiger charge is -2.33. The van der Waals surface area contributed by atoms with Crippen LogP contribution in [0.15, 0.2) is 0 Å². The van der Waals surface area contributed by atoms with Crippen LogP contribution in [0.3, 0.4) is 0 Å². The third kappa shape index (κ3) is 2.49.